The van der Waals surface area contributed by atoms with Crippen LogP contribution in [0.3, 0.4) is 0 Å². The largest absolute Gasteiger partial charge is 0.427 e. The molecule has 1 aliphatic heterocycles. The van der Waals surface area contributed by atoms with Gasteiger partial charge in [-0.05, 0) is 56.1 Å². The van der Waals surface area contributed by atoms with Gasteiger partial charge in [-0.15, -0.1) is 12.4 Å². The highest BCUT2D eigenvalue weighted by Gasteiger charge is 2.22. The topological polar surface area (TPSA) is 121 Å². The Morgan fingerprint density at radius 2 is 1.94 bits per heavy atom. The van der Waals surface area contributed by atoms with Crippen molar-refractivity contribution >= 4 is 39.9 Å². The zero-order chi connectivity index (χ0) is 21.9. The molecule has 1 aromatic carbocycles. The molecule has 3 rings (SSSR count). The van der Waals surface area contributed by atoms with E-state index in [4.69, 9.17) is 4.42 Å². The molecule has 0 bridgehead atoms. The summed E-state index contributed by atoms with van der Waals surface area (Å²) in [7, 11) is -0.866. The molecule has 31 heavy (non-hydrogen) atoms. The van der Waals surface area contributed by atoms with Crippen LogP contribution in [0.5, 0.6) is 0 Å². The molecule has 0 spiro atoms. The summed E-state index contributed by atoms with van der Waals surface area (Å²) < 4.78 is 32.8. The standard InChI is InChI=1S/C20H26N4O5S.ClH/c1-13-10-17(14-6-5-9-21-12-14)29-20(26)18(13)19(25)22-15-7-4-8-16(11-15)23-30(27,28)24(2)3;/h4,7-8,10-11,14,21,23H,5-6,9,12H2,1-3H3,(H,22,25);1H. The molecule has 9 nitrogen and oxygen atoms in total. The molecular weight excluding hydrogens is 444 g/mol. The highest BCUT2D eigenvalue weighted by Crippen LogP contribution is 2.24. The minimum Gasteiger partial charge on any atom is -0.427 e. The second-order valence-corrected chi connectivity index (χ2v) is 9.35. The van der Waals surface area contributed by atoms with Crippen LogP contribution in [0.25, 0.3) is 0 Å². The normalized spacial score (nSPS) is 16.5. The summed E-state index contributed by atoms with van der Waals surface area (Å²) in [4.78, 5) is 25.2. The number of carbonyl (C=O) groups is 1. The number of rotatable bonds is 6. The summed E-state index contributed by atoms with van der Waals surface area (Å²) >= 11 is 0. The SMILES string of the molecule is Cc1cc(C2CCCNC2)oc(=O)c1C(=O)Nc1cccc(NS(=O)(=O)N(C)C)c1.Cl. The van der Waals surface area contributed by atoms with E-state index in [-0.39, 0.29) is 29.6 Å². The van der Waals surface area contributed by atoms with Crippen molar-refractivity contribution in [3.05, 3.63) is 57.6 Å². The van der Waals surface area contributed by atoms with Crippen LogP contribution < -0.4 is 21.0 Å². The number of halogens is 1. The number of hydrogen-bond donors (Lipinski definition) is 3. The number of amides is 1. The summed E-state index contributed by atoms with van der Waals surface area (Å²) in [6.45, 7) is 3.39. The molecule has 0 radical (unpaired) electrons. The third kappa shape index (κ3) is 6.07. The molecule has 170 valence electrons. The summed E-state index contributed by atoms with van der Waals surface area (Å²) in [5, 5.41) is 5.91. The lowest BCUT2D eigenvalue weighted by atomic mass is 9.95. The van der Waals surface area contributed by atoms with E-state index in [9.17, 15) is 18.0 Å². The molecule has 0 saturated carbocycles. The van der Waals surface area contributed by atoms with Gasteiger partial charge in [0.2, 0.25) is 0 Å². The quantitative estimate of drug-likeness (QED) is 0.595. The van der Waals surface area contributed by atoms with Crippen LogP contribution in [0, 0.1) is 6.92 Å². The van der Waals surface area contributed by atoms with E-state index in [2.05, 4.69) is 15.4 Å². The number of hydrogen-bond acceptors (Lipinski definition) is 6. The molecule has 1 aliphatic rings. The van der Waals surface area contributed by atoms with Crippen molar-refractivity contribution < 1.29 is 17.6 Å². The van der Waals surface area contributed by atoms with Crippen molar-refractivity contribution in [2.45, 2.75) is 25.7 Å². The Morgan fingerprint density at radius 1 is 1.23 bits per heavy atom. The van der Waals surface area contributed by atoms with Crippen LogP contribution in [-0.2, 0) is 10.2 Å². The third-order valence-electron chi connectivity index (χ3n) is 4.94. The maximum Gasteiger partial charge on any atom is 0.349 e. The van der Waals surface area contributed by atoms with E-state index in [1.165, 1.54) is 20.2 Å². The van der Waals surface area contributed by atoms with E-state index >= 15 is 0 Å². The Morgan fingerprint density at radius 3 is 2.55 bits per heavy atom. The van der Waals surface area contributed by atoms with E-state index in [1.54, 1.807) is 31.2 Å². The molecule has 3 N–H and O–H groups in total. The predicted molar refractivity (Wildman–Crippen MR) is 122 cm³/mol. The molecule has 11 heteroatoms. The molecular formula is C20H27ClN4O5S. The predicted octanol–water partition coefficient (Wildman–Crippen LogP) is 2.31. The number of aryl methyl sites for hydroxylation is 1. The number of nitrogens with one attached hydrogen (secondary N) is 3. The van der Waals surface area contributed by atoms with Crippen molar-refractivity contribution in [3.63, 3.8) is 0 Å². The average molecular weight is 471 g/mol. The smallest absolute Gasteiger partial charge is 0.349 e. The third-order valence-corrected chi connectivity index (χ3v) is 6.40. The Kier molecular flexibility index (Phi) is 8.24. The van der Waals surface area contributed by atoms with Gasteiger partial charge in [-0.3, -0.25) is 9.52 Å². The second-order valence-electron chi connectivity index (χ2n) is 7.46. The van der Waals surface area contributed by atoms with Crippen molar-refractivity contribution in [2.75, 3.05) is 37.2 Å². The minimum absolute atomic E-state index is 0. The Hall–Kier alpha value is -2.40. The zero-order valence-electron chi connectivity index (χ0n) is 17.6. The maximum absolute atomic E-state index is 12.7. The van der Waals surface area contributed by atoms with Crippen LogP contribution in [0.4, 0.5) is 11.4 Å². The van der Waals surface area contributed by atoms with Gasteiger partial charge in [0.15, 0.2) is 0 Å². The van der Waals surface area contributed by atoms with Gasteiger partial charge in [0.1, 0.15) is 11.3 Å². The zero-order valence-corrected chi connectivity index (χ0v) is 19.2. The number of nitrogens with zero attached hydrogens (tertiary/aromatic N) is 1. The highest BCUT2D eigenvalue weighted by atomic mass is 35.5. The van der Waals surface area contributed by atoms with Gasteiger partial charge in [0.05, 0.1) is 5.69 Å². The van der Waals surface area contributed by atoms with Crippen molar-refractivity contribution in [1.29, 1.82) is 0 Å². The summed E-state index contributed by atoms with van der Waals surface area (Å²) in [5.41, 5.74) is 0.414. The number of benzene rings is 1. The van der Waals surface area contributed by atoms with E-state index in [1.807, 2.05) is 0 Å². The lowest BCUT2D eigenvalue weighted by Crippen LogP contribution is -2.30. The number of anilines is 2. The van der Waals surface area contributed by atoms with Crippen LogP contribution in [0.15, 0.2) is 39.5 Å². The van der Waals surface area contributed by atoms with Gasteiger partial charge in [-0.1, -0.05) is 6.07 Å². The van der Waals surface area contributed by atoms with Gasteiger partial charge in [0, 0.05) is 32.2 Å². The lowest BCUT2D eigenvalue weighted by Gasteiger charge is -2.22. The van der Waals surface area contributed by atoms with Crippen molar-refractivity contribution in [1.82, 2.24) is 9.62 Å². The number of piperidine rings is 1. The molecule has 2 heterocycles. The molecule has 1 aromatic heterocycles. The van der Waals surface area contributed by atoms with Crippen LogP contribution in [-0.4, -0.2) is 45.8 Å². The Bertz CT molecular complexity index is 1090. The van der Waals surface area contributed by atoms with Crippen LogP contribution in [0.2, 0.25) is 0 Å². The molecule has 2 aromatic rings. The van der Waals surface area contributed by atoms with Crippen LogP contribution in [0.1, 0.15) is 40.4 Å². The molecule has 1 atom stereocenters. The fraction of sp³-hybridized carbons (Fsp3) is 0.400. The van der Waals surface area contributed by atoms with Gasteiger partial charge in [-0.2, -0.15) is 12.7 Å². The minimum atomic E-state index is -3.68. The summed E-state index contributed by atoms with van der Waals surface area (Å²) in [6.07, 6.45) is 1.93. The molecule has 1 unspecified atom stereocenters. The van der Waals surface area contributed by atoms with Gasteiger partial charge in [0.25, 0.3) is 5.91 Å². The Balaban J connectivity index is 0.00000341. The average Bonchev–Trinajstić information content (AvgIpc) is 2.68. The molecule has 1 amide bonds. The van der Waals surface area contributed by atoms with Crippen molar-refractivity contribution in [3.8, 4) is 0 Å². The fourth-order valence-electron chi connectivity index (χ4n) is 3.30. The lowest BCUT2D eigenvalue weighted by molar-refractivity contribution is 0.102. The molecule has 1 fully saturated rings. The molecule has 1 saturated heterocycles. The Labute approximate surface area is 187 Å². The summed E-state index contributed by atoms with van der Waals surface area (Å²) in [6, 6.07) is 7.97. The number of carbonyl (C=O) groups excluding carboxylic acids is 1. The first kappa shape index (κ1) is 24.9. The van der Waals surface area contributed by atoms with E-state index < -0.39 is 21.7 Å². The van der Waals surface area contributed by atoms with Crippen molar-refractivity contribution in [2.24, 2.45) is 0 Å². The second kappa shape index (κ2) is 10.3. The fourth-order valence-corrected chi connectivity index (χ4v) is 3.90. The van der Waals surface area contributed by atoms with Gasteiger partial charge < -0.3 is 15.1 Å². The first-order valence-corrected chi connectivity index (χ1v) is 11.1. The van der Waals surface area contributed by atoms with E-state index in [0.29, 0.717) is 17.0 Å². The molecule has 0 aliphatic carbocycles. The first-order chi connectivity index (χ1) is 14.2. The monoisotopic (exact) mass is 470 g/mol. The van der Waals surface area contributed by atoms with Gasteiger partial charge >= 0.3 is 15.8 Å². The maximum atomic E-state index is 12.7. The first-order valence-electron chi connectivity index (χ1n) is 9.64. The van der Waals surface area contributed by atoms with E-state index in [0.717, 1.165) is 30.2 Å². The van der Waals surface area contributed by atoms with Gasteiger partial charge in [-0.25, -0.2) is 4.79 Å². The summed E-state index contributed by atoms with van der Waals surface area (Å²) in [5.74, 6) is 0.0900. The van der Waals surface area contributed by atoms with Crippen LogP contribution >= 0.6 is 12.4 Å². The highest BCUT2D eigenvalue weighted by molar-refractivity contribution is 7.90.